The van der Waals surface area contributed by atoms with E-state index in [9.17, 15) is 0 Å². The highest BCUT2D eigenvalue weighted by molar-refractivity contribution is 5.42. The van der Waals surface area contributed by atoms with Crippen molar-refractivity contribution in [3.05, 3.63) is 18.0 Å². The Kier molecular flexibility index (Phi) is 4.20. The smallest absolute Gasteiger partial charge is 0.183 e. The van der Waals surface area contributed by atoms with Crippen LogP contribution in [0.15, 0.2) is 12.3 Å². The molecule has 1 fully saturated rings. The van der Waals surface area contributed by atoms with Crippen molar-refractivity contribution < 1.29 is 9.47 Å². The van der Waals surface area contributed by atoms with Gasteiger partial charge in [0.25, 0.3) is 0 Å². The van der Waals surface area contributed by atoms with Crippen LogP contribution in [0.2, 0.25) is 0 Å². The number of hydrogen-bond acceptors (Lipinski definition) is 4. The van der Waals surface area contributed by atoms with Gasteiger partial charge in [0.05, 0.1) is 19.9 Å². The van der Waals surface area contributed by atoms with Gasteiger partial charge in [0.2, 0.25) is 0 Å². The number of hydrogen-bond donors (Lipinski definition) is 1. The highest BCUT2D eigenvalue weighted by Gasteiger charge is 2.20. The van der Waals surface area contributed by atoms with Crippen molar-refractivity contribution in [1.29, 1.82) is 0 Å². The zero-order chi connectivity index (χ0) is 12.1. The fourth-order valence-corrected chi connectivity index (χ4v) is 1.90. The average molecular weight is 236 g/mol. The fourth-order valence-electron chi connectivity index (χ4n) is 1.90. The van der Waals surface area contributed by atoms with Gasteiger partial charge in [-0.05, 0) is 18.9 Å². The van der Waals surface area contributed by atoms with Crippen LogP contribution < -0.4 is 14.8 Å². The summed E-state index contributed by atoms with van der Waals surface area (Å²) in [6.07, 6.45) is 5.83. The molecule has 1 saturated carbocycles. The van der Waals surface area contributed by atoms with Gasteiger partial charge in [0, 0.05) is 18.8 Å². The number of methoxy groups -OCH3 is 2. The van der Waals surface area contributed by atoms with E-state index in [2.05, 4.69) is 10.3 Å². The minimum absolute atomic E-state index is 0.729. The molecule has 0 amide bonds. The molecule has 0 aromatic carbocycles. The third-order valence-electron chi connectivity index (χ3n) is 3.08. The summed E-state index contributed by atoms with van der Waals surface area (Å²) in [6.45, 7) is 1.78. The number of ether oxygens (including phenoxy) is 2. The van der Waals surface area contributed by atoms with E-state index in [0.29, 0.717) is 0 Å². The molecule has 1 aromatic rings. The highest BCUT2D eigenvalue weighted by atomic mass is 16.5. The summed E-state index contributed by atoms with van der Waals surface area (Å²) in [5.41, 5.74) is 0.905. The van der Waals surface area contributed by atoms with Crippen LogP contribution >= 0.6 is 0 Å². The molecule has 1 aliphatic rings. The molecular formula is C13H20N2O2. The summed E-state index contributed by atoms with van der Waals surface area (Å²) in [5.74, 6) is 2.43. The Morgan fingerprint density at radius 2 is 2.18 bits per heavy atom. The number of nitrogens with one attached hydrogen (secondary N) is 1. The number of pyridine rings is 1. The third-order valence-corrected chi connectivity index (χ3v) is 3.08. The standard InChI is InChI=1S/C13H20N2O2/c1-16-12-6-8-15-11(13(12)17-2)9-14-7-5-10-3-4-10/h6,8,10,14H,3-5,7,9H2,1-2H3. The highest BCUT2D eigenvalue weighted by Crippen LogP contribution is 2.32. The third kappa shape index (κ3) is 3.33. The summed E-state index contributed by atoms with van der Waals surface area (Å²) < 4.78 is 10.6. The maximum atomic E-state index is 5.33. The Bertz CT molecular complexity index is 364. The molecule has 0 bridgehead atoms. The Hall–Kier alpha value is -1.29. The maximum absolute atomic E-state index is 5.33. The molecule has 0 aliphatic heterocycles. The minimum Gasteiger partial charge on any atom is -0.493 e. The Balaban J connectivity index is 1.88. The summed E-state index contributed by atoms with van der Waals surface area (Å²) in [6, 6.07) is 1.81. The van der Waals surface area contributed by atoms with E-state index in [1.807, 2.05) is 6.07 Å². The first-order valence-electron chi connectivity index (χ1n) is 6.11. The lowest BCUT2D eigenvalue weighted by atomic mass is 10.2. The van der Waals surface area contributed by atoms with Crippen LogP contribution in [0.1, 0.15) is 25.0 Å². The molecule has 4 nitrogen and oxygen atoms in total. The summed E-state index contributed by atoms with van der Waals surface area (Å²) in [4.78, 5) is 4.32. The van der Waals surface area contributed by atoms with Crippen LogP contribution in [0.25, 0.3) is 0 Å². The van der Waals surface area contributed by atoms with E-state index in [0.717, 1.165) is 36.2 Å². The monoisotopic (exact) mass is 236 g/mol. The van der Waals surface area contributed by atoms with Crippen LogP contribution in [-0.2, 0) is 6.54 Å². The molecule has 0 atom stereocenters. The van der Waals surface area contributed by atoms with E-state index in [-0.39, 0.29) is 0 Å². The van der Waals surface area contributed by atoms with E-state index in [1.165, 1.54) is 19.3 Å². The number of aromatic nitrogens is 1. The number of rotatable bonds is 7. The topological polar surface area (TPSA) is 43.4 Å². The van der Waals surface area contributed by atoms with Crippen molar-refractivity contribution >= 4 is 0 Å². The summed E-state index contributed by atoms with van der Waals surface area (Å²) in [7, 11) is 3.29. The van der Waals surface area contributed by atoms with Crippen LogP contribution in [0.4, 0.5) is 0 Å². The van der Waals surface area contributed by atoms with Crippen molar-refractivity contribution in [2.75, 3.05) is 20.8 Å². The van der Waals surface area contributed by atoms with Crippen molar-refractivity contribution in [3.8, 4) is 11.5 Å². The zero-order valence-electron chi connectivity index (χ0n) is 10.5. The Morgan fingerprint density at radius 1 is 1.35 bits per heavy atom. The first kappa shape index (κ1) is 12.2. The van der Waals surface area contributed by atoms with E-state index in [1.54, 1.807) is 20.4 Å². The quantitative estimate of drug-likeness (QED) is 0.735. The predicted octanol–water partition coefficient (Wildman–Crippen LogP) is 1.99. The van der Waals surface area contributed by atoms with Crippen LogP contribution in [0, 0.1) is 5.92 Å². The van der Waals surface area contributed by atoms with E-state index < -0.39 is 0 Å². The zero-order valence-corrected chi connectivity index (χ0v) is 10.5. The first-order valence-corrected chi connectivity index (χ1v) is 6.11. The van der Waals surface area contributed by atoms with Gasteiger partial charge in [-0.1, -0.05) is 12.8 Å². The molecule has 1 aromatic heterocycles. The average Bonchev–Trinajstić information content (AvgIpc) is 3.18. The molecule has 17 heavy (non-hydrogen) atoms. The minimum atomic E-state index is 0.729. The second kappa shape index (κ2) is 5.87. The second-order valence-electron chi connectivity index (χ2n) is 4.40. The van der Waals surface area contributed by atoms with Crippen LogP contribution in [0.5, 0.6) is 11.5 Å². The molecule has 0 saturated heterocycles. The van der Waals surface area contributed by atoms with E-state index >= 15 is 0 Å². The maximum Gasteiger partial charge on any atom is 0.183 e. The largest absolute Gasteiger partial charge is 0.493 e. The van der Waals surface area contributed by atoms with Gasteiger partial charge >= 0.3 is 0 Å². The van der Waals surface area contributed by atoms with Crippen molar-refractivity contribution in [3.63, 3.8) is 0 Å². The molecule has 94 valence electrons. The van der Waals surface area contributed by atoms with Gasteiger partial charge in [-0.3, -0.25) is 4.98 Å². The molecule has 0 unspecified atom stereocenters. The van der Waals surface area contributed by atoms with Gasteiger partial charge in [0.1, 0.15) is 0 Å². The first-order chi connectivity index (χ1) is 8.35. The molecule has 4 heteroatoms. The Labute approximate surface area is 102 Å². The van der Waals surface area contributed by atoms with Crippen molar-refractivity contribution in [2.24, 2.45) is 5.92 Å². The molecule has 0 spiro atoms. The van der Waals surface area contributed by atoms with Crippen LogP contribution in [0.3, 0.4) is 0 Å². The van der Waals surface area contributed by atoms with Crippen molar-refractivity contribution in [2.45, 2.75) is 25.8 Å². The van der Waals surface area contributed by atoms with Gasteiger partial charge in [-0.15, -0.1) is 0 Å². The SMILES string of the molecule is COc1ccnc(CNCCC2CC2)c1OC. The van der Waals surface area contributed by atoms with Gasteiger partial charge in [-0.2, -0.15) is 0 Å². The predicted molar refractivity (Wildman–Crippen MR) is 66.4 cm³/mol. The van der Waals surface area contributed by atoms with Crippen molar-refractivity contribution in [1.82, 2.24) is 10.3 Å². The molecule has 1 aliphatic carbocycles. The Morgan fingerprint density at radius 3 is 2.82 bits per heavy atom. The number of nitrogens with zero attached hydrogens (tertiary/aromatic N) is 1. The van der Waals surface area contributed by atoms with Gasteiger partial charge in [-0.25, -0.2) is 0 Å². The van der Waals surface area contributed by atoms with Crippen LogP contribution in [-0.4, -0.2) is 25.7 Å². The summed E-state index contributed by atoms with van der Waals surface area (Å²) in [5, 5.41) is 3.40. The molecular weight excluding hydrogens is 216 g/mol. The lowest BCUT2D eigenvalue weighted by Gasteiger charge is -2.11. The molecule has 0 radical (unpaired) electrons. The molecule has 2 rings (SSSR count). The second-order valence-corrected chi connectivity index (χ2v) is 4.40. The summed E-state index contributed by atoms with van der Waals surface area (Å²) >= 11 is 0. The normalized spacial score (nSPS) is 14.7. The lowest BCUT2D eigenvalue weighted by Crippen LogP contribution is -2.16. The van der Waals surface area contributed by atoms with Gasteiger partial charge < -0.3 is 14.8 Å². The fraction of sp³-hybridized carbons (Fsp3) is 0.615. The molecule has 1 heterocycles. The lowest BCUT2D eigenvalue weighted by molar-refractivity contribution is 0.348. The van der Waals surface area contributed by atoms with E-state index in [4.69, 9.17) is 9.47 Å². The van der Waals surface area contributed by atoms with Gasteiger partial charge in [0.15, 0.2) is 11.5 Å². The molecule has 1 N–H and O–H groups in total.